The van der Waals surface area contributed by atoms with Crippen molar-refractivity contribution < 1.29 is 0 Å². The van der Waals surface area contributed by atoms with Crippen molar-refractivity contribution >= 4 is 34.3 Å². The summed E-state index contributed by atoms with van der Waals surface area (Å²) < 4.78 is 0. The van der Waals surface area contributed by atoms with E-state index in [-0.39, 0.29) is 0 Å². The second-order valence-electron chi connectivity index (χ2n) is 10.6. The van der Waals surface area contributed by atoms with E-state index >= 15 is 0 Å². The summed E-state index contributed by atoms with van der Waals surface area (Å²) in [4.78, 5) is 17.6. The van der Waals surface area contributed by atoms with Crippen molar-refractivity contribution in [2.24, 2.45) is 5.92 Å². The molecule has 3 aromatic rings. The van der Waals surface area contributed by atoms with Gasteiger partial charge in [-0.2, -0.15) is 10.1 Å². The van der Waals surface area contributed by atoms with Crippen molar-refractivity contribution in [1.29, 1.82) is 0 Å². The summed E-state index contributed by atoms with van der Waals surface area (Å²) in [7, 11) is 4.31. The molecule has 0 spiro atoms. The predicted octanol–water partition coefficient (Wildman–Crippen LogP) is 4.27. The largest absolute Gasteiger partial charge is 0.356 e. The van der Waals surface area contributed by atoms with Crippen LogP contribution in [0.25, 0.3) is 10.9 Å². The van der Waals surface area contributed by atoms with Crippen LogP contribution in [0.15, 0.2) is 18.3 Å². The summed E-state index contributed by atoms with van der Waals surface area (Å²) in [6.45, 7) is 6.53. The van der Waals surface area contributed by atoms with Gasteiger partial charge in [0.2, 0.25) is 5.95 Å². The number of rotatable bonds is 4. The number of hydrogen-bond donors (Lipinski definition) is 1. The van der Waals surface area contributed by atoms with Crippen molar-refractivity contribution in [1.82, 2.24) is 25.1 Å². The third-order valence-electron chi connectivity index (χ3n) is 8.20. The Balaban J connectivity index is 1.40. The number of piperidine rings is 1. The SMILES string of the molecule is CC1Cc2c(nc(N3CC(N(C)C)C3)nc2N2CCCCC2)CC1c1c(Cl)ccc2[nH]ncc12. The molecular weight excluding hydrogens is 446 g/mol. The lowest BCUT2D eigenvalue weighted by molar-refractivity contribution is 0.244. The van der Waals surface area contributed by atoms with Gasteiger partial charge in [0.25, 0.3) is 0 Å². The van der Waals surface area contributed by atoms with Gasteiger partial charge in [-0.1, -0.05) is 18.5 Å². The third-order valence-corrected chi connectivity index (χ3v) is 8.53. The highest BCUT2D eigenvalue weighted by Gasteiger charge is 2.36. The van der Waals surface area contributed by atoms with Gasteiger partial charge in [-0.05, 0) is 75.7 Å². The number of benzene rings is 1. The maximum Gasteiger partial charge on any atom is 0.227 e. The minimum atomic E-state index is 0.309. The molecule has 7 nitrogen and oxygen atoms in total. The Morgan fingerprint density at radius 2 is 1.82 bits per heavy atom. The zero-order valence-corrected chi connectivity index (χ0v) is 21.1. The van der Waals surface area contributed by atoms with E-state index in [0.29, 0.717) is 17.9 Å². The highest BCUT2D eigenvalue weighted by molar-refractivity contribution is 6.32. The molecule has 6 rings (SSSR count). The van der Waals surface area contributed by atoms with Crippen LogP contribution in [-0.4, -0.2) is 71.4 Å². The van der Waals surface area contributed by atoms with Gasteiger partial charge in [0.05, 0.1) is 17.4 Å². The van der Waals surface area contributed by atoms with Crippen LogP contribution >= 0.6 is 11.6 Å². The van der Waals surface area contributed by atoms with Crippen molar-refractivity contribution in [3.8, 4) is 0 Å². The Hall–Kier alpha value is -2.38. The fourth-order valence-electron chi connectivity index (χ4n) is 5.99. The first-order valence-corrected chi connectivity index (χ1v) is 13.0. The number of aromatic nitrogens is 4. The number of fused-ring (bicyclic) bond motifs is 2. The molecule has 0 saturated carbocycles. The standard InChI is InChI=1S/C26H34ClN7/c1-16-11-19-23(12-18(16)24-20-13-28-31-22(20)8-7-21(24)27)29-26(34-14-17(15-34)32(2)3)30-25(19)33-9-5-4-6-10-33/h7-8,13,16-18H,4-6,9-12,14-15H2,1-3H3,(H,28,31). The Kier molecular flexibility index (Phi) is 5.65. The molecule has 180 valence electrons. The summed E-state index contributed by atoms with van der Waals surface area (Å²) in [5, 5.41) is 9.37. The van der Waals surface area contributed by atoms with E-state index in [4.69, 9.17) is 21.6 Å². The maximum atomic E-state index is 6.80. The van der Waals surface area contributed by atoms with Gasteiger partial charge in [0.15, 0.2) is 0 Å². The number of anilines is 2. The molecular formula is C26H34ClN7. The summed E-state index contributed by atoms with van der Waals surface area (Å²) >= 11 is 6.80. The molecule has 4 heterocycles. The fourth-order valence-corrected chi connectivity index (χ4v) is 6.29. The highest BCUT2D eigenvalue weighted by atomic mass is 35.5. The number of nitrogens with one attached hydrogen (secondary N) is 1. The van der Waals surface area contributed by atoms with Crippen molar-refractivity contribution in [2.75, 3.05) is 50.1 Å². The normalized spacial score (nSPS) is 23.4. The van der Waals surface area contributed by atoms with Gasteiger partial charge in [-0.15, -0.1) is 0 Å². The average Bonchev–Trinajstić information content (AvgIpc) is 3.27. The maximum absolute atomic E-state index is 6.80. The van der Waals surface area contributed by atoms with Crippen molar-refractivity contribution in [3.05, 3.63) is 40.2 Å². The minimum Gasteiger partial charge on any atom is -0.356 e. The lowest BCUT2D eigenvalue weighted by Crippen LogP contribution is -2.58. The first-order valence-electron chi connectivity index (χ1n) is 12.7. The molecule has 2 atom stereocenters. The summed E-state index contributed by atoms with van der Waals surface area (Å²) in [6, 6.07) is 4.60. The van der Waals surface area contributed by atoms with Crippen LogP contribution < -0.4 is 9.80 Å². The monoisotopic (exact) mass is 479 g/mol. The summed E-state index contributed by atoms with van der Waals surface area (Å²) in [5.41, 5.74) is 4.82. The van der Waals surface area contributed by atoms with Gasteiger partial charge < -0.3 is 14.7 Å². The molecule has 0 bridgehead atoms. The zero-order chi connectivity index (χ0) is 23.4. The van der Waals surface area contributed by atoms with Crippen LogP contribution in [-0.2, 0) is 12.8 Å². The molecule has 0 radical (unpaired) electrons. The molecule has 3 aliphatic rings. The lowest BCUT2D eigenvalue weighted by Gasteiger charge is -2.44. The van der Waals surface area contributed by atoms with Crippen LogP contribution in [0.3, 0.4) is 0 Å². The van der Waals surface area contributed by atoms with Gasteiger partial charge >= 0.3 is 0 Å². The molecule has 1 aliphatic carbocycles. The molecule has 1 aromatic carbocycles. The number of halogens is 1. The van der Waals surface area contributed by atoms with E-state index in [1.807, 2.05) is 18.3 Å². The Morgan fingerprint density at radius 3 is 2.59 bits per heavy atom. The van der Waals surface area contributed by atoms with Gasteiger partial charge in [0.1, 0.15) is 5.82 Å². The van der Waals surface area contributed by atoms with Gasteiger partial charge in [-0.3, -0.25) is 5.10 Å². The molecule has 2 aliphatic heterocycles. The molecule has 2 aromatic heterocycles. The Labute approximate surface area is 206 Å². The van der Waals surface area contributed by atoms with E-state index in [0.717, 1.165) is 60.9 Å². The zero-order valence-electron chi connectivity index (χ0n) is 20.4. The predicted molar refractivity (Wildman–Crippen MR) is 138 cm³/mol. The molecule has 0 amide bonds. The summed E-state index contributed by atoms with van der Waals surface area (Å²) in [5.74, 6) is 2.85. The van der Waals surface area contributed by atoms with Crippen LogP contribution in [0.2, 0.25) is 5.02 Å². The topological polar surface area (TPSA) is 64.2 Å². The number of likely N-dealkylation sites (N-methyl/N-ethyl adjacent to an activating group) is 1. The second kappa shape index (κ2) is 8.68. The third kappa shape index (κ3) is 3.73. The average molecular weight is 480 g/mol. The van der Waals surface area contributed by atoms with Crippen LogP contribution in [0, 0.1) is 5.92 Å². The number of nitrogens with zero attached hydrogens (tertiary/aromatic N) is 6. The Morgan fingerprint density at radius 1 is 1.03 bits per heavy atom. The van der Waals surface area contributed by atoms with E-state index in [9.17, 15) is 0 Å². The first kappa shape index (κ1) is 22.1. The van der Waals surface area contributed by atoms with Crippen molar-refractivity contribution in [3.63, 3.8) is 0 Å². The smallest absolute Gasteiger partial charge is 0.227 e. The fraction of sp³-hybridized carbons (Fsp3) is 0.577. The second-order valence-corrected chi connectivity index (χ2v) is 11.0. The van der Waals surface area contributed by atoms with E-state index < -0.39 is 0 Å². The van der Waals surface area contributed by atoms with E-state index in [2.05, 4.69) is 45.9 Å². The molecule has 2 saturated heterocycles. The lowest BCUT2D eigenvalue weighted by atomic mass is 9.74. The van der Waals surface area contributed by atoms with Gasteiger partial charge in [0, 0.05) is 48.2 Å². The number of H-pyrrole nitrogens is 1. The Bertz CT molecular complexity index is 1190. The first-order chi connectivity index (χ1) is 16.5. The minimum absolute atomic E-state index is 0.309. The molecule has 2 fully saturated rings. The number of aromatic amines is 1. The quantitative estimate of drug-likeness (QED) is 0.603. The molecule has 34 heavy (non-hydrogen) atoms. The highest BCUT2D eigenvalue weighted by Crippen LogP contribution is 2.44. The van der Waals surface area contributed by atoms with E-state index in [1.54, 1.807) is 0 Å². The number of hydrogen-bond acceptors (Lipinski definition) is 6. The van der Waals surface area contributed by atoms with E-state index in [1.165, 1.54) is 41.9 Å². The van der Waals surface area contributed by atoms with Crippen LogP contribution in [0.1, 0.15) is 48.9 Å². The molecule has 1 N–H and O–H groups in total. The van der Waals surface area contributed by atoms with Crippen LogP contribution in [0.5, 0.6) is 0 Å². The van der Waals surface area contributed by atoms with Crippen molar-refractivity contribution in [2.45, 2.75) is 51.0 Å². The van der Waals surface area contributed by atoms with Crippen LogP contribution in [0.4, 0.5) is 11.8 Å². The molecule has 8 heteroatoms. The van der Waals surface area contributed by atoms with Gasteiger partial charge in [-0.25, -0.2) is 4.98 Å². The molecule has 2 unspecified atom stereocenters. The summed E-state index contributed by atoms with van der Waals surface area (Å²) in [6.07, 6.45) is 7.61.